The lowest BCUT2D eigenvalue weighted by atomic mass is 10.1. The maximum atomic E-state index is 5.98. The lowest BCUT2D eigenvalue weighted by molar-refractivity contribution is 0.0594. The molecule has 0 aliphatic heterocycles. The maximum Gasteiger partial charge on any atom is 0.128 e. The van der Waals surface area contributed by atoms with E-state index >= 15 is 0 Å². The maximum absolute atomic E-state index is 5.98. The molecule has 0 aliphatic rings. The van der Waals surface area contributed by atoms with Gasteiger partial charge < -0.3 is 4.74 Å². The average Bonchev–Trinajstić information content (AvgIpc) is 2.68. The Balaban J connectivity index is 4.22. The van der Waals surface area contributed by atoms with Gasteiger partial charge in [-0.2, -0.15) is 0 Å². The van der Waals surface area contributed by atoms with E-state index in [1.165, 1.54) is 19.3 Å². The summed E-state index contributed by atoms with van der Waals surface area (Å²) in [6, 6.07) is 0. The molecule has 0 bridgehead atoms. The molecular weight excluding hydrogens is 356 g/mol. The summed E-state index contributed by atoms with van der Waals surface area (Å²) in [7, 11) is 0. The van der Waals surface area contributed by atoms with Gasteiger partial charge in [-0.25, -0.2) is 0 Å². The van der Waals surface area contributed by atoms with Crippen molar-refractivity contribution >= 4 is 12.4 Å². The van der Waals surface area contributed by atoms with Gasteiger partial charge >= 0.3 is 0 Å². The zero-order valence-corrected chi connectivity index (χ0v) is 18.8. The normalized spacial score (nSPS) is 13.5. The highest BCUT2D eigenvalue weighted by molar-refractivity contribution is 5.83. The van der Waals surface area contributed by atoms with E-state index in [0.717, 1.165) is 43.7 Å². The van der Waals surface area contributed by atoms with Crippen LogP contribution in [0.3, 0.4) is 0 Å². The highest BCUT2D eigenvalue weighted by atomic mass is 16.5. The van der Waals surface area contributed by atoms with Crippen LogP contribution in [0.15, 0.2) is 83.6 Å². The fraction of sp³-hybridized carbons (Fsp3) is 0.462. The second-order valence-corrected chi connectivity index (χ2v) is 7.62. The fourth-order valence-corrected chi connectivity index (χ4v) is 2.41. The van der Waals surface area contributed by atoms with Gasteiger partial charge in [-0.1, -0.05) is 69.4 Å². The van der Waals surface area contributed by atoms with Crippen LogP contribution in [0.2, 0.25) is 0 Å². The predicted octanol–water partition coefficient (Wildman–Crippen LogP) is 7.21. The van der Waals surface area contributed by atoms with Crippen LogP contribution >= 0.6 is 0 Å². The molecule has 0 aromatic carbocycles. The quantitative estimate of drug-likeness (QED) is 0.117. The Hall–Kier alpha value is -2.42. The fourth-order valence-electron chi connectivity index (χ4n) is 2.41. The van der Waals surface area contributed by atoms with Crippen LogP contribution in [0.4, 0.5) is 0 Å². The first-order valence-corrected chi connectivity index (χ1v) is 10.5. The third kappa shape index (κ3) is 17.4. The molecule has 3 nitrogen and oxygen atoms in total. The number of aliphatic imine (C=N–C) groups is 2. The van der Waals surface area contributed by atoms with Crippen molar-refractivity contribution in [2.24, 2.45) is 9.98 Å². The van der Waals surface area contributed by atoms with Crippen LogP contribution in [0, 0.1) is 0 Å². The van der Waals surface area contributed by atoms with E-state index < -0.39 is 0 Å². The first-order chi connectivity index (χ1) is 13.9. The summed E-state index contributed by atoms with van der Waals surface area (Å²) in [5.41, 5.74) is 0.632. The smallest absolute Gasteiger partial charge is 0.128 e. The van der Waals surface area contributed by atoms with Gasteiger partial charge in [0.25, 0.3) is 0 Å². The molecule has 0 aliphatic carbocycles. The molecule has 0 radical (unpaired) electrons. The molecule has 0 rings (SSSR count). The lowest BCUT2D eigenvalue weighted by Gasteiger charge is -2.22. The summed E-state index contributed by atoms with van der Waals surface area (Å²) in [5, 5.41) is 0. The first kappa shape index (κ1) is 26.6. The van der Waals surface area contributed by atoms with Gasteiger partial charge in [0.15, 0.2) is 0 Å². The molecule has 0 fully saturated rings. The van der Waals surface area contributed by atoms with Crippen LogP contribution in [0.25, 0.3) is 0 Å². The Morgan fingerprint density at radius 1 is 0.862 bits per heavy atom. The number of unbranched alkanes of at least 4 members (excludes halogenated alkanes) is 4. The van der Waals surface area contributed by atoms with E-state index in [4.69, 9.17) is 4.74 Å². The third-order valence-corrected chi connectivity index (χ3v) is 3.75. The van der Waals surface area contributed by atoms with E-state index in [-0.39, 0.29) is 5.60 Å². The number of allylic oxidation sites excluding steroid dienone is 8. The minimum absolute atomic E-state index is 0.281. The minimum atomic E-state index is -0.281. The molecule has 29 heavy (non-hydrogen) atoms. The van der Waals surface area contributed by atoms with Gasteiger partial charge in [0, 0.05) is 37.5 Å². The topological polar surface area (TPSA) is 34.0 Å². The molecular formula is C26H40N2O. The first-order valence-electron chi connectivity index (χ1n) is 10.5. The van der Waals surface area contributed by atoms with Gasteiger partial charge in [-0.05, 0) is 45.8 Å². The van der Waals surface area contributed by atoms with Crippen molar-refractivity contribution in [2.75, 3.05) is 13.1 Å². The van der Waals surface area contributed by atoms with Crippen molar-refractivity contribution in [3.63, 3.8) is 0 Å². The van der Waals surface area contributed by atoms with Crippen LogP contribution in [0.1, 0.15) is 59.3 Å². The Bertz CT molecular complexity index is 613. The largest absolute Gasteiger partial charge is 0.487 e. The predicted molar refractivity (Wildman–Crippen MR) is 131 cm³/mol. The zero-order chi connectivity index (χ0) is 21.8. The van der Waals surface area contributed by atoms with Crippen LogP contribution < -0.4 is 0 Å². The summed E-state index contributed by atoms with van der Waals surface area (Å²) >= 11 is 0. The second-order valence-electron chi connectivity index (χ2n) is 7.62. The lowest BCUT2D eigenvalue weighted by Crippen LogP contribution is -2.19. The molecule has 0 aromatic rings. The summed E-state index contributed by atoms with van der Waals surface area (Å²) < 4.78 is 5.98. The number of hydrogen-bond acceptors (Lipinski definition) is 3. The van der Waals surface area contributed by atoms with Crippen molar-refractivity contribution in [1.82, 2.24) is 0 Å². The van der Waals surface area contributed by atoms with Gasteiger partial charge in [-0.15, -0.1) is 0 Å². The molecule has 0 unspecified atom stereocenters. The Morgan fingerprint density at radius 2 is 1.48 bits per heavy atom. The standard InChI is InChI=1S/C26H40N2O/c1-7-10-12-16-20-27-21-17-14-13-15-18-22-28-23-24(19-11-8-2)25(9-3)29-26(4,5)6/h7-12,19-20,23H,1-3,13-18,21-22H2,4-6H3/b12-10-,19-11-,25-24-,27-20?,28-23?. The van der Waals surface area contributed by atoms with Gasteiger partial charge in [0.1, 0.15) is 11.4 Å². The van der Waals surface area contributed by atoms with Gasteiger partial charge in [-0.3, -0.25) is 9.98 Å². The van der Waals surface area contributed by atoms with E-state index in [2.05, 4.69) is 35.8 Å². The van der Waals surface area contributed by atoms with Crippen LogP contribution in [-0.4, -0.2) is 31.1 Å². The SMILES string of the molecule is C=C/C=C\CC=NCCCCCCCN=CC(/C=C\C=C)=C(/C=C)OC(C)(C)C. The minimum Gasteiger partial charge on any atom is -0.487 e. The van der Waals surface area contributed by atoms with E-state index in [9.17, 15) is 0 Å². The Morgan fingerprint density at radius 3 is 2.07 bits per heavy atom. The Kier molecular flexibility index (Phi) is 16.2. The molecule has 160 valence electrons. The zero-order valence-electron chi connectivity index (χ0n) is 18.8. The van der Waals surface area contributed by atoms with Crippen molar-refractivity contribution < 1.29 is 4.74 Å². The highest BCUT2D eigenvalue weighted by Gasteiger charge is 2.13. The third-order valence-electron chi connectivity index (χ3n) is 3.75. The molecule has 3 heteroatoms. The summed E-state index contributed by atoms with van der Waals surface area (Å²) in [5.74, 6) is 0.736. The molecule has 0 saturated carbocycles. The molecule has 0 saturated heterocycles. The second kappa shape index (κ2) is 17.7. The highest BCUT2D eigenvalue weighted by Crippen LogP contribution is 2.18. The van der Waals surface area contributed by atoms with E-state index in [0.29, 0.717) is 0 Å². The number of ether oxygens (including phenoxy) is 1. The Labute approximate surface area is 179 Å². The van der Waals surface area contributed by atoms with Crippen molar-refractivity contribution in [3.8, 4) is 0 Å². The molecule has 0 aromatic heterocycles. The molecule has 0 N–H and O–H groups in total. The van der Waals surface area contributed by atoms with Crippen molar-refractivity contribution in [1.29, 1.82) is 0 Å². The number of rotatable bonds is 16. The van der Waals surface area contributed by atoms with Crippen molar-refractivity contribution in [3.05, 3.63) is 73.6 Å². The number of nitrogens with zero attached hydrogens (tertiary/aromatic N) is 2. The van der Waals surface area contributed by atoms with E-state index in [1.807, 2.05) is 51.4 Å². The summed E-state index contributed by atoms with van der Waals surface area (Å²) in [6.45, 7) is 19.0. The molecule has 0 heterocycles. The van der Waals surface area contributed by atoms with Crippen molar-refractivity contribution in [2.45, 2.75) is 64.9 Å². The molecule has 0 spiro atoms. The molecule has 0 amide bonds. The number of hydrogen-bond donors (Lipinski definition) is 0. The average molecular weight is 397 g/mol. The summed E-state index contributed by atoms with van der Waals surface area (Å²) in [4.78, 5) is 8.98. The van der Waals surface area contributed by atoms with Crippen LogP contribution in [0.5, 0.6) is 0 Å². The van der Waals surface area contributed by atoms with Gasteiger partial charge in [0.2, 0.25) is 0 Å². The monoisotopic (exact) mass is 396 g/mol. The van der Waals surface area contributed by atoms with Gasteiger partial charge in [0.05, 0.1) is 0 Å². The summed E-state index contributed by atoms with van der Waals surface area (Å²) in [6.07, 6.45) is 23.7. The molecule has 0 atom stereocenters. The van der Waals surface area contributed by atoms with E-state index in [1.54, 1.807) is 18.2 Å². The van der Waals surface area contributed by atoms with Crippen LogP contribution in [-0.2, 0) is 4.74 Å².